The summed E-state index contributed by atoms with van der Waals surface area (Å²) >= 11 is 0. The van der Waals surface area contributed by atoms with Crippen molar-refractivity contribution in [2.45, 2.75) is 50.9 Å². The third-order valence-electron chi connectivity index (χ3n) is 4.33. The Morgan fingerprint density at radius 1 is 1.32 bits per heavy atom. The number of rotatable bonds is 6. The van der Waals surface area contributed by atoms with Gasteiger partial charge in [0.25, 0.3) is 0 Å². The summed E-state index contributed by atoms with van der Waals surface area (Å²) in [5, 5.41) is 13.0. The summed E-state index contributed by atoms with van der Waals surface area (Å²) in [6.45, 7) is 0.996. The highest BCUT2D eigenvalue weighted by Gasteiger charge is 2.29. The van der Waals surface area contributed by atoms with E-state index in [0.717, 1.165) is 25.1 Å². The fourth-order valence-electron chi connectivity index (χ4n) is 2.83. The molecule has 1 unspecified atom stereocenters. The van der Waals surface area contributed by atoms with Gasteiger partial charge in [-0.2, -0.15) is 4.98 Å². The minimum Gasteiger partial charge on any atom is -0.481 e. The predicted octanol–water partition coefficient (Wildman–Crippen LogP) is 1.59. The van der Waals surface area contributed by atoms with Gasteiger partial charge in [-0.15, -0.1) is 0 Å². The van der Waals surface area contributed by atoms with Crippen molar-refractivity contribution in [3.8, 4) is 0 Å². The predicted molar refractivity (Wildman–Crippen MR) is 76.2 cm³/mol. The van der Waals surface area contributed by atoms with Gasteiger partial charge in [-0.25, -0.2) is 0 Å². The molecule has 7 heteroatoms. The normalized spacial score (nSPS) is 21.8. The molecule has 1 aromatic rings. The summed E-state index contributed by atoms with van der Waals surface area (Å²) in [6, 6.07) is 0. The standard InChI is InChI=1S/C15H21N3O4/c19-13(18-8-2-3-11(9-18)15(20)21)5-1-4-12-16-14(17-22-12)10-6-7-10/h10-11H,1-9H2,(H,20,21). The molecule has 0 aromatic carbocycles. The van der Waals surface area contributed by atoms with Crippen LogP contribution in [0.3, 0.4) is 0 Å². The van der Waals surface area contributed by atoms with Gasteiger partial charge in [0.05, 0.1) is 5.92 Å². The summed E-state index contributed by atoms with van der Waals surface area (Å²) < 4.78 is 5.18. The lowest BCUT2D eigenvalue weighted by Gasteiger charge is -2.30. The van der Waals surface area contributed by atoms with Crippen LogP contribution in [0.1, 0.15) is 56.2 Å². The van der Waals surface area contributed by atoms with Crippen LogP contribution >= 0.6 is 0 Å². The molecule has 120 valence electrons. The summed E-state index contributed by atoms with van der Waals surface area (Å²) in [5.74, 6) is 0.650. The number of carboxylic acids is 1. The number of likely N-dealkylation sites (tertiary alicyclic amines) is 1. The molecule has 0 spiro atoms. The molecule has 1 amide bonds. The first-order chi connectivity index (χ1) is 10.6. The zero-order valence-corrected chi connectivity index (χ0v) is 12.5. The minimum absolute atomic E-state index is 0.0212. The maximum Gasteiger partial charge on any atom is 0.308 e. The molecule has 3 rings (SSSR count). The summed E-state index contributed by atoms with van der Waals surface area (Å²) in [4.78, 5) is 29.2. The van der Waals surface area contributed by atoms with Crippen LogP contribution in [0.2, 0.25) is 0 Å². The van der Waals surface area contributed by atoms with Crippen molar-refractivity contribution in [2.75, 3.05) is 13.1 Å². The fourth-order valence-corrected chi connectivity index (χ4v) is 2.83. The van der Waals surface area contributed by atoms with Gasteiger partial charge in [-0.05, 0) is 32.1 Å². The van der Waals surface area contributed by atoms with Gasteiger partial charge in [0, 0.05) is 31.8 Å². The van der Waals surface area contributed by atoms with E-state index < -0.39 is 11.9 Å². The molecular weight excluding hydrogens is 286 g/mol. The minimum atomic E-state index is -0.809. The van der Waals surface area contributed by atoms with Crippen molar-refractivity contribution < 1.29 is 19.2 Å². The second-order valence-corrected chi connectivity index (χ2v) is 6.19. The Hall–Kier alpha value is -1.92. The Labute approximate surface area is 128 Å². The van der Waals surface area contributed by atoms with E-state index in [9.17, 15) is 9.59 Å². The summed E-state index contributed by atoms with van der Waals surface area (Å²) in [5.41, 5.74) is 0. The number of nitrogens with zero attached hydrogens (tertiary/aromatic N) is 3. The van der Waals surface area contributed by atoms with Crippen LogP contribution < -0.4 is 0 Å². The zero-order valence-electron chi connectivity index (χ0n) is 12.5. The van der Waals surface area contributed by atoms with Crippen LogP contribution in [-0.2, 0) is 16.0 Å². The Kier molecular flexibility index (Phi) is 4.40. The first-order valence-corrected chi connectivity index (χ1v) is 7.96. The molecule has 1 atom stereocenters. The molecule has 0 bridgehead atoms. The summed E-state index contributed by atoms with van der Waals surface area (Å²) in [7, 11) is 0. The highest BCUT2D eigenvalue weighted by Crippen LogP contribution is 2.38. The molecular formula is C15H21N3O4. The number of aromatic nitrogens is 2. The van der Waals surface area contributed by atoms with Crippen LogP contribution in [0, 0.1) is 5.92 Å². The number of hydrogen-bond acceptors (Lipinski definition) is 5. The maximum atomic E-state index is 12.1. The number of aryl methyl sites for hydroxylation is 1. The van der Waals surface area contributed by atoms with Gasteiger partial charge < -0.3 is 14.5 Å². The first kappa shape index (κ1) is 15.0. The lowest BCUT2D eigenvalue weighted by atomic mass is 9.98. The van der Waals surface area contributed by atoms with E-state index in [0.29, 0.717) is 50.6 Å². The Bertz CT molecular complexity index is 553. The van der Waals surface area contributed by atoms with Crippen molar-refractivity contribution in [1.29, 1.82) is 0 Å². The lowest BCUT2D eigenvalue weighted by molar-refractivity contribution is -0.145. The molecule has 1 aromatic heterocycles. The quantitative estimate of drug-likeness (QED) is 0.857. The van der Waals surface area contributed by atoms with E-state index in [2.05, 4.69) is 10.1 Å². The fraction of sp³-hybridized carbons (Fsp3) is 0.733. The average Bonchev–Trinajstić information content (AvgIpc) is 3.27. The van der Waals surface area contributed by atoms with Gasteiger partial charge in [-0.1, -0.05) is 5.16 Å². The van der Waals surface area contributed by atoms with Crippen LogP contribution in [0.4, 0.5) is 0 Å². The lowest BCUT2D eigenvalue weighted by Crippen LogP contribution is -2.42. The van der Waals surface area contributed by atoms with Crippen molar-refractivity contribution in [3.05, 3.63) is 11.7 Å². The number of aliphatic carboxylic acids is 1. The SMILES string of the molecule is O=C(O)C1CCCN(C(=O)CCCc2nc(C3CC3)no2)C1. The van der Waals surface area contributed by atoms with Gasteiger partial charge in [0.2, 0.25) is 11.8 Å². The van der Waals surface area contributed by atoms with Crippen molar-refractivity contribution >= 4 is 11.9 Å². The van der Waals surface area contributed by atoms with Crippen LogP contribution in [-0.4, -0.2) is 45.1 Å². The third-order valence-corrected chi connectivity index (χ3v) is 4.33. The second-order valence-electron chi connectivity index (χ2n) is 6.19. The van der Waals surface area contributed by atoms with Crippen LogP contribution in [0.15, 0.2) is 4.52 Å². The zero-order chi connectivity index (χ0) is 15.5. The molecule has 1 saturated heterocycles. The van der Waals surface area contributed by atoms with Gasteiger partial charge in [0.15, 0.2) is 5.82 Å². The number of carbonyl (C=O) groups is 2. The topological polar surface area (TPSA) is 96.5 Å². The van der Waals surface area contributed by atoms with Crippen molar-refractivity contribution in [3.63, 3.8) is 0 Å². The monoisotopic (exact) mass is 307 g/mol. The van der Waals surface area contributed by atoms with E-state index >= 15 is 0 Å². The number of hydrogen-bond donors (Lipinski definition) is 1. The van der Waals surface area contributed by atoms with Gasteiger partial charge in [-0.3, -0.25) is 9.59 Å². The van der Waals surface area contributed by atoms with Crippen LogP contribution in [0.25, 0.3) is 0 Å². The van der Waals surface area contributed by atoms with Gasteiger partial charge in [0.1, 0.15) is 0 Å². The molecule has 0 radical (unpaired) electrons. The Balaban J connectivity index is 1.42. The molecule has 2 heterocycles. The molecule has 1 N–H and O–H groups in total. The molecule has 1 saturated carbocycles. The van der Waals surface area contributed by atoms with E-state index in [1.165, 1.54) is 0 Å². The molecule has 2 fully saturated rings. The highest BCUT2D eigenvalue weighted by molar-refractivity contribution is 5.78. The highest BCUT2D eigenvalue weighted by atomic mass is 16.5. The molecule has 7 nitrogen and oxygen atoms in total. The van der Waals surface area contributed by atoms with Gasteiger partial charge >= 0.3 is 5.97 Å². The van der Waals surface area contributed by atoms with E-state index in [1.54, 1.807) is 4.90 Å². The van der Waals surface area contributed by atoms with E-state index in [1.807, 2.05) is 0 Å². The summed E-state index contributed by atoms with van der Waals surface area (Å²) in [6.07, 6.45) is 5.34. The molecule has 2 aliphatic rings. The largest absolute Gasteiger partial charge is 0.481 e. The second kappa shape index (κ2) is 6.46. The average molecular weight is 307 g/mol. The van der Waals surface area contributed by atoms with Crippen molar-refractivity contribution in [2.24, 2.45) is 5.92 Å². The molecule has 1 aliphatic carbocycles. The van der Waals surface area contributed by atoms with Crippen molar-refractivity contribution in [1.82, 2.24) is 15.0 Å². The number of piperidine rings is 1. The smallest absolute Gasteiger partial charge is 0.308 e. The maximum absolute atomic E-state index is 12.1. The third kappa shape index (κ3) is 3.64. The number of carbonyl (C=O) groups excluding carboxylic acids is 1. The Morgan fingerprint density at radius 3 is 2.86 bits per heavy atom. The first-order valence-electron chi connectivity index (χ1n) is 7.96. The van der Waals surface area contributed by atoms with E-state index in [4.69, 9.17) is 9.63 Å². The van der Waals surface area contributed by atoms with Crippen LogP contribution in [0.5, 0.6) is 0 Å². The molecule has 1 aliphatic heterocycles. The van der Waals surface area contributed by atoms with E-state index in [-0.39, 0.29) is 5.91 Å². The molecule has 22 heavy (non-hydrogen) atoms. The number of amides is 1. The number of carboxylic acid groups (broad SMARTS) is 1. The Morgan fingerprint density at radius 2 is 2.14 bits per heavy atom.